The quantitative estimate of drug-likeness (QED) is 0.0229. The second kappa shape index (κ2) is 42.9. The van der Waals surface area contributed by atoms with Crippen LogP contribution in [0.4, 0.5) is 0 Å². The van der Waals surface area contributed by atoms with Gasteiger partial charge in [0.15, 0.2) is 47.8 Å². The molecule has 8 aliphatic heterocycles. The molecule has 0 unspecified atom stereocenters. The third-order valence-electron chi connectivity index (χ3n) is 26.8. The highest BCUT2D eigenvalue weighted by atomic mass is 35.5. The number of carbonyl (C=O) groups is 10. The van der Waals surface area contributed by atoms with Crippen LogP contribution in [0.3, 0.4) is 0 Å². The number of nitrogens with two attached hydrogens (primary N) is 3. The van der Waals surface area contributed by atoms with Crippen molar-refractivity contribution < 1.29 is 137 Å². The number of Topliss-reactive ketones (excluding diaryl/α,β-unsaturated/α-hetero) is 2. The zero-order chi connectivity index (χ0) is 101. The van der Waals surface area contributed by atoms with Gasteiger partial charge in [0, 0.05) is 78.8 Å². The Morgan fingerprint density at radius 3 is 1.91 bits per heavy atom. The van der Waals surface area contributed by atoms with Gasteiger partial charge in [-0.2, -0.15) is 0 Å². The molecule has 8 heterocycles. The molecule has 0 aromatic heterocycles. The fourth-order valence-electron chi connectivity index (χ4n) is 18.9. The molecule has 38 nitrogen and oxygen atoms in total. The lowest BCUT2D eigenvalue weighted by atomic mass is 9.84. The van der Waals surface area contributed by atoms with Gasteiger partial charge in [0.05, 0.1) is 59.4 Å². The van der Waals surface area contributed by atoms with Crippen molar-refractivity contribution in [2.75, 3.05) is 26.7 Å². The van der Waals surface area contributed by atoms with Crippen molar-refractivity contribution in [1.82, 2.24) is 36.8 Å². The van der Waals surface area contributed by atoms with Gasteiger partial charge in [0.2, 0.25) is 59.2 Å². The van der Waals surface area contributed by atoms with E-state index < -0.39 is 292 Å². The van der Waals surface area contributed by atoms with E-state index in [1.807, 2.05) is 36.4 Å². The Morgan fingerprint density at radius 1 is 0.669 bits per heavy atom. The number of phenols is 1. The molecule has 7 amide bonds. The lowest BCUT2D eigenvalue weighted by molar-refractivity contribution is -0.334. The summed E-state index contributed by atoms with van der Waals surface area (Å²) < 4.78 is 53.4. The first-order valence-corrected chi connectivity index (χ1v) is 46.8. The average Bonchev–Trinajstić information content (AvgIpc) is 1.57. The third kappa shape index (κ3) is 22.7. The fraction of sp³-hybridized carbons (Fsp3) is 0.469. The second-order valence-corrected chi connectivity index (χ2v) is 38.9. The minimum absolute atomic E-state index is 0.0891. The van der Waals surface area contributed by atoms with Crippen LogP contribution in [0, 0.1) is 17.8 Å². The van der Waals surface area contributed by atoms with Crippen LogP contribution in [0.15, 0.2) is 127 Å². The van der Waals surface area contributed by atoms with Gasteiger partial charge in [0.1, 0.15) is 71.9 Å². The molecule has 0 spiro atoms. The predicted octanol–water partition coefficient (Wildman–Crippen LogP) is 5.68. The Bertz CT molecular complexity index is 5820. The van der Waals surface area contributed by atoms with E-state index in [-0.39, 0.29) is 70.9 Å². The number of aliphatic hydroxyl groups is 8. The standard InChI is InChI=1S/C98H115Cl3N10O28/c1-43(2)27-64(111(8)73(117)41-105-89(123)44(3)11-9-10-26-102)92(126)109-79-65(114)31-54(34-72(103)116)90(124)107-77-53-32-69(134-67-24-19-51(81(79)118)29-62(67)100)85(139-95-86(83(120)82(119)71(42-112)136-95)138-75-39-97(7,88(122)46(5)133-75)106-40-47-12-14-48(15-13-47)49-16-21-55(99)22-17-49)70(33-53)135-68-25-20-52(30-63(68)101)84(137-74-38-96(6,104)87(121)45(4)132-74)80-93(127)108-78(94(128)129)59-35-56(113)36-61-76(59)58-28-50(18-23-60(58)98(61,130)131)57(37-66(77)115)91(125)110-80/h12-25,28-30,32-33,35-36,43-46,54,57,64,71,74-75,77-84,86-88,95,106,112-113,118-122,130-131H,9-11,26-27,31,34,37-42,102,104H2,1-8H3,(H2,103,116)(H,105,123)(H,107,124)(H,108,127)(H,109,126)(H,110,125)(H,128,129)/t44-,45-,46-,54-,57+,64+,71+,74-,75-,77+,78-,79-,80-,81+,82+,83-,84+,86+,87-,88-,95-,96-,97-/m0/s1. The number of ketones is 2. The molecule has 746 valence electrons. The minimum Gasteiger partial charge on any atom is -0.508 e. The third-order valence-corrected chi connectivity index (χ3v) is 27.6. The number of aliphatic carboxylic acids is 1. The maximum absolute atomic E-state index is 16.9. The van der Waals surface area contributed by atoms with Crippen LogP contribution in [0.25, 0.3) is 22.3 Å². The Morgan fingerprint density at radius 2 is 1.29 bits per heavy atom. The van der Waals surface area contributed by atoms with Gasteiger partial charge < -0.3 is 143 Å². The number of nitrogens with one attached hydrogen (secondary N) is 6. The van der Waals surface area contributed by atoms with Gasteiger partial charge in [-0.05, 0) is 182 Å². The van der Waals surface area contributed by atoms with Crippen molar-refractivity contribution in [3.63, 3.8) is 0 Å². The number of carbonyl (C=O) groups excluding carboxylic acids is 9. The largest absolute Gasteiger partial charge is 0.508 e. The van der Waals surface area contributed by atoms with Crippen LogP contribution < -0.4 is 63.3 Å². The van der Waals surface area contributed by atoms with E-state index in [0.29, 0.717) is 30.8 Å². The summed E-state index contributed by atoms with van der Waals surface area (Å²) >= 11 is 21.1. The molecular formula is C98H115Cl3N10O28. The molecule has 3 fully saturated rings. The van der Waals surface area contributed by atoms with E-state index in [1.54, 1.807) is 46.8 Å². The summed E-state index contributed by atoms with van der Waals surface area (Å²) in [7, 11) is 1.29. The van der Waals surface area contributed by atoms with Gasteiger partial charge in [-0.25, -0.2) is 4.79 Å². The highest BCUT2D eigenvalue weighted by Gasteiger charge is 2.54. The normalized spacial score (nSPS) is 28.8. The molecule has 1 aliphatic carbocycles. The topological polar surface area (TPSA) is 600 Å². The molecule has 23 atom stereocenters. The molecule has 139 heavy (non-hydrogen) atoms. The van der Waals surface area contributed by atoms with Gasteiger partial charge in [-0.15, -0.1) is 0 Å². The van der Waals surface area contributed by atoms with Crippen LogP contribution >= 0.6 is 34.8 Å². The van der Waals surface area contributed by atoms with E-state index in [0.717, 1.165) is 58.0 Å². The summed E-state index contributed by atoms with van der Waals surface area (Å²) in [6.45, 7) is 10.4. The first-order valence-electron chi connectivity index (χ1n) is 45.7. The number of hydrogen-bond acceptors (Lipinski definition) is 30. The van der Waals surface area contributed by atoms with Crippen LogP contribution in [-0.2, 0) is 84.0 Å². The summed E-state index contributed by atoms with van der Waals surface area (Å²) in [5.74, 6) is -23.1. The molecule has 7 aromatic rings. The summed E-state index contributed by atoms with van der Waals surface area (Å²) in [4.78, 5) is 153. The number of carboxylic acids is 1. The summed E-state index contributed by atoms with van der Waals surface area (Å²) in [6.07, 6.45) is -24.0. The Balaban J connectivity index is 0.947. The molecule has 7 aromatic carbocycles. The Kier molecular flexibility index (Phi) is 32.0. The second-order valence-electron chi connectivity index (χ2n) is 37.6. The Hall–Kier alpha value is -10.9. The van der Waals surface area contributed by atoms with Crippen LogP contribution in [0.5, 0.6) is 34.5 Å². The summed E-state index contributed by atoms with van der Waals surface area (Å²) in [6, 6.07) is 19.4. The number of aliphatic hydroxyl groups excluding tert-OH is 6. The van der Waals surface area contributed by atoms with E-state index in [9.17, 15) is 70.2 Å². The van der Waals surface area contributed by atoms with Gasteiger partial charge in [-0.1, -0.05) is 123 Å². The SMILES string of the molecule is CC(C)C[C@H](C(=O)N[C@H]1C(=O)C[C@@H](CC(N)=O)C(=O)N[C@H]2C(=O)C[C@H]3C(=O)N[C@H](C(=O)N[C@H](C(=O)O)c4cc(O)cc5c4-c4cc3ccc4C5(O)O)[C@H](O[C@H]3C[C@](C)(N)[C@@H](O)[C@H](C)O3)c3ccc(c(Cl)c3)Oc3cc2cc(c3O[C@@H]2O[C@H](CO)[C@@H](O)[C@H](O)[C@H]2O[C@H]2C[C@](C)(NCc3ccc(-c4ccc(Cl)cc4)cc3)[C@@H](O)[C@H](C)O2)Oc2ccc(cc2Cl)[C@H]1O)N(C)C(=O)CNC(=O)[C@@H](C)CCCCN. The lowest BCUT2D eigenvalue weighted by Gasteiger charge is -2.48. The number of aromatic hydroxyl groups is 1. The van der Waals surface area contributed by atoms with E-state index in [1.165, 1.54) is 63.4 Å². The van der Waals surface area contributed by atoms with Crippen molar-refractivity contribution in [2.45, 2.75) is 246 Å². The minimum atomic E-state index is -3.07. The highest BCUT2D eigenvalue weighted by molar-refractivity contribution is 6.32. The number of unbranched alkanes of at least 4 members (excludes halogenated alkanes) is 1. The molecule has 0 radical (unpaired) electrons. The average molecular weight is 1990 g/mol. The molecule has 0 saturated carbocycles. The van der Waals surface area contributed by atoms with Gasteiger partial charge in [-0.3, -0.25) is 43.2 Å². The lowest BCUT2D eigenvalue weighted by Crippen LogP contribution is -2.65. The molecule has 41 heteroatoms. The number of nitrogens with zero attached hydrogens (tertiary/aromatic N) is 1. The maximum atomic E-state index is 16.9. The molecule has 16 rings (SSSR count). The Labute approximate surface area is 814 Å². The van der Waals surface area contributed by atoms with Crippen LogP contribution in [0.1, 0.15) is 181 Å². The number of ether oxygens (including phenoxy) is 8. The zero-order valence-electron chi connectivity index (χ0n) is 77.2. The van der Waals surface area contributed by atoms with Gasteiger partial charge in [0.25, 0.3) is 0 Å². The van der Waals surface area contributed by atoms with Crippen molar-refractivity contribution >= 4 is 93.7 Å². The smallest absolute Gasteiger partial charge is 0.330 e. The number of hydrogen-bond donors (Lipinski definition) is 19. The number of amides is 7. The number of phenolic OH excluding ortho intramolecular Hbond substituents is 1. The first kappa shape index (κ1) is 104. The number of likely N-dealkylation sites (N-methyl/N-ethyl adjacent to an activating group) is 1. The van der Waals surface area contributed by atoms with Crippen molar-refractivity contribution in [3.8, 4) is 56.8 Å². The van der Waals surface area contributed by atoms with Crippen LogP contribution in [0.2, 0.25) is 15.1 Å². The number of benzene rings is 7. The molecule has 22 N–H and O–H groups in total. The van der Waals surface area contributed by atoms with Crippen molar-refractivity contribution in [1.29, 1.82) is 0 Å². The fourth-order valence-corrected chi connectivity index (χ4v) is 19.4. The number of fused-ring (bicyclic) bond motifs is 12. The maximum Gasteiger partial charge on any atom is 0.330 e. The first-order chi connectivity index (χ1) is 65.7. The van der Waals surface area contributed by atoms with E-state index in [4.69, 9.17) is 89.9 Å². The van der Waals surface area contributed by atoms with Crippen molar-refractivity contribution in [2.24, 2.45) is 35.0 Å². The predicted molar refractivity (Wildman–Crippen MR) is 499 cm³/mol. The molecular weight excluding hydrogens is 1870 g/mol. The summed E-state index contributed by atoms with van der Waals surface area (Å²) in [5, 5.41) is 135. The highest BCUT2D eigenvalue weighted by Crippen LogP contribution is 2.54. The number of primary amides is 1. The zero-order valence-corrected chi connectivity index (χ0v) is 79.4. The van der Waals surface area contributed by atoms with Crippen molar-refractivity contribution in [3.05, 3.63) is 187 Å². The molecule has 3 saturated heterocycles. The van der Waals surface area contributed by atoms with Crippen LogP contribution in [-0.4, -0.2) is 239 Å². The number of rotatable bonds is 26. The number of halogens is 3. The molecule has 9 aliphatic rings. The van der Waals surface area contributed by atoms with E-state index >= 15 is 28.8 Å². The molecule has 11 bridgehead atoms. The number of carboxylic acid groups (broad SMARTS) is 1. The summed E-state index contributed by atoms with van der Waals surface area (Å²) in [5.41, 5.74) is 15.4. The van der Waals surface area contributed by atoms with Gasteiger partial charge >= 0.3 is 5.97 Å². The monoisotopic (exact) mass is 1980 g/mol. The van der Waals surface area contributed by atoms with E-state index in [2.05, 4.69) is 31.9 Å².